The summed E-state index contributed by atoms with van der Waals surface area (Å²) in [7, 11) is 0. The fourth-order valence-corrected chi connectivity index (χ4v) is 6.65. The van der Waals surface area contributed by atoms with Crippen molar-refractivity contribution in [2.24, 2.45) is 0 Å². The summed E-state index contributed by atoms with van der Waals surface area (Å²) in [5.74, 6) is 0.350. The van der Waals surface area contributed by atoms with Crippen molar-refractivity contribution in [3.05, 3.63) is 142 Å². The van der Waals surface area contributed by atoms with Crippen molar-refractivity contribution in [3.8, 4) is 0 Å². The molecule has 0 spiro atoms. The van der Waals surface area contributed by atoms with E-state index in [-0.39, 0.29) is 8.84 Å². The molecule has 1 heterocycles. The molecule has 4 aromatic carbocycles. The summed E-state index contributed by atoms with van der Waals surface area (Å²) in [6, 6.07) is 37.3. The van der Waals surface area contributed by atoms with Crippen LogP contribution in [0.2, 0.25) is 0 Å². The van der Waals surface area contributed by atoms with Gasteiger partial charge >= 0.3 is 0 Å². The number of rotatable bonds is 7. The van der Waals surface area contributed by atoms with Crippen LogP contribution in [0, 0.1) is 13.8 Å². The molecular weight excluding hydrogens is 573 g/mol. The third-order valence-electron chi connectivity index (χ3n) is 8.67. The van der Waals surface area contributed by atoms with E-state index in [4.69, 9.17) is 0 Å². The minimum absolute atomic E-state index is 0.0320. The highest BCUT2D eigenvalue weighted by Crippen LogP contribution is 2.41. The summed E-state index contributed by atoms with van der Waals surface area (Å²) >= 11 is 2.60. The Kier molecular flexibility index (Phi) is 7.84. The Balaban J connectivity index is 1.44. The van der Waals surface area contributed by atoms with E-state index in [1.165, 1.54) is 57.3 Å². The fourth-order valence-electron chi connectivity index (χ4n) is 5.93. The summed E-state index contributed by atoms with van der Waals surface area (Å²) in [5, 5.41) is 3.80. The van der Waals surface area contributed by atoms with Crippen LogP contribution in [-0.4, -0.2) is 12.6 Å². The van der Waals surface area contributed by atoms with Crippen LogP contribution in [0.4, 0.5) is 0 Å². The molecule has 1 aliphatic heterocycles. The zero-order chi connectivity index (χ0) is 26.9. The number of aryl methyl sites for hydroxylation is 2. The second kappa shape index (κ2) is 11.0. The molecule has 1 nitrogen and oxygen atoms in total. The van der Waals surface area contributed by atoms with Crippen LogP contribution < -0.4 is 5.32 Å². The number of hydrogen-bond acceptors (Lipinski definition) is 1. The summed E-state index contributed by atoms with van der Waals surface area (Å²) in [4.78, 5) is 0. The quantitative estimate of drug-likeness (QED) is 0.162. The molecule has 0 bridgehead atoms. The summed E-state index contributed by atoms with van der Waals surface area (Å²) in [6.45, 7) is 12.4. The van der Waals surface area contributed by atoms with Crippen LogP contribution >= 0.6 is 22.6 Å². The van der Waals surface area contributed by atoms with Gasteiger partial charge in [-0.25, -0.2) is 0 Å². The van der Waals surface area contributed by atoms with E-state index < -0.39 is 0 Å². The lowest BCUT2D eigenvalue weighted by Crippen LogP contribution is -2.30. The monoisotopic (exact) mass is 613 g/mol. The van der Waals surface area contributed by atoms with Crippen molar-refractivity contribution in [2.45, 2.75) is 68.3 Å². The molecule has 5 rings (SSSR count). The van der Waals surface area contributed by atoms with Crippen molar-refractivity contribution < 1.29 is 0 Å². The Morgan fingerprint density at radius 1 is 0.632 bits per heavy atom. The van der Waals surface area contributed by atoms with Gasteiger partial charge in [0.2, 0.25) is 0 Å². The molecule has 0 saturated carbocycles. The standard InChI is InChI=1S/C36H40IN/c1-25-8-16-29(17-9-25)35(3,4)30-20-12-27(13-21-30)34(33-7-6-24-38-33)28-14-22-32(23-15-28)36(5,37)31-18-10-26(2)11-19-31/h8-23,33-34,38H,6-7,24H2,1-5H3. The Labute approximate surface area is 243 Å². The Morgan fingerprint density at radius 3 is 1.45 bits per heavy atom. The van der Waals surface area contributed by atoms with Gasteiger partial charge in [0.15, 0.2) is 0 Å². The molecule has 0 aliphatic carbocycles. The van der Waals surface area contributed by atoms with Crippen LogP contribution in [0.15, 0.2) is 97.1 Å². The molecule has 1 saturated heterocycles. The van der Waals surface area contributed by atoms with E-state index in [1.807, 2.05) is 0 Å². The molecule has 2 heteroatoms. The topological polar surface area (TPSA) is 12.0 Å². The zero-order valence-electron chi connectivity index (χ0n) is 23.4. The van der Waals surface area contributed by atoms with Crippen LogP contribution in [-0.2, 0) is 8.84 Å². The lowest BCUT2D eigenvalue weighted by Gasteiger charge is -2.29. The van der Waals surface area contributed by atoms with Gasteiger partial charge in [-0.15, -0.1) is 0 Å². The average Bonchev–Trinajstić information content (AvgIpc) is 3.44. The zero-order valence-corrected chi connectivity index (χ0v) is 25.5. The predicted molar refractivity (Wildman–Crippen MR) is 171 cm³/mol. The summed E-state index contributed by atoms with van der Waals surface area (Å²) < 4.78 is -0.0612. The van der Waals surface area contributed by atoms with Gasteiger partial charge in [-0.2, -0.15) is 0 Å². The average molecular weight is 614 g/mol. The molecule has 1 aliphatic rings. The number of nitrogens with one attached hydrogen (secondary N) is 1. The largest absolute Gasteiger partial charge is 0.313 e. The first kappa shape index (κ1) is 27.1. The smallest absolute Gasteiger partial charge is 0.0690 e. The SMILES string of the molecule is Cc1ccc(C(C)(C)c2ccc(C(c3ccc(C(C)(I)c4ccc(C)cc4)cc3)C3CCCN3)cc2)cc1. The second-order valence-electron chi connectivity index (χ2n) is 11.8. The molecule has 3 unspecified atom stereocenters. The number of alkyl halides is 1. The van der Waals surface area contributed by atoms with Crippen molar-refractivity contribution in [1.29, 1.82) is 0 Å². The van der Waals surface area contributed by atoms with Gasteiger partial charge in [0.05, 0.1) is 3.42 Å². The van der Waals surface area contributed by atoms with Crippen molar-refractivity contribution in [3.63, 3.8) is 0 Å². The van der Waals surface area contributed by atoms with E-state index >= 15 is 0 Å². The molecule has 38 heavy (non-hydrogen) atoms. The fraction of sp³-hybridized carbons (Fsp3) is 0.333. The molecule has 196 valence electrons. The number of benzene rings is 4. The van der Waals surface area contributed by atoms with Gasteiger partial charge in [0, 0.05) is 17.4 Å². The minimum atomic E-state index is -0.0612. The summed E-state index contributed by atoms with van der Waals surface area (Å²) in [5.41, 5.74) is 10.8. The van der Waals surface area contributed by atoms with Crippen molar-refractivity contribution >= 4 is 22.6 Å². The molecular formula is C36H40IN. The molecule has 0 radical (unpaired) electrons. The van der Waals surface area contributed by atoms with Crippen molar-refractivity contribution in [2.75, 3.05) is 6.54 Å². The van der Waals surface area contributed by atoms with Crippen LogP contribution in [0.5, 0.6) is 0 Å². The normalized spacial score (nSPS) is 18.2. The van der Waals surface area contributed by atoms with Crippen LogP contribution in [0.25, 0.3) is 0 Å². The van der Waals surface area contributed by atoms with Gasteiger partial charge in [0.25, 0.3) is 0 Å². The number of hydrogen-bond donors (Lipinski definition) is 1. The first-order valence-corrected chi connectivity index (χ1v) is 15.0. The van der Waals surface area contributed by atoms with E-state index in [2.05, 4.69) is 160 Å². The van der Waals surface area contributed by atoms with Crippen LogP contribution in [0.1, 0.15) is 84.0 Å². The van der Waals surface area contributed by atoms with Gasteiger partial charge in [-0.1, -0.05) is 145 Å². The van der Waals surface area contributed by atoms with Gasteiger partial charge in [-0.3, -0.25) is 0 Å². The Bertz CT molecular complexity index is 1240. The molecule has 0 amide bonds. The highest BCUT2D eigenvalue weighted by atomic mass is 127. The van der Waals surface area contributed by atoms with Crippen LogP contribution in [0.3, 0.4) is 0 Å². The molecule has 0 aromatic heterocycles. The second-order valence-corrected chi connectivity index (χ2v) is 13.9. The maximum atomic E-state index is 3.80. The van der Waals surface area contributed by atoms with Gasteiger partial charge in [-0.05, 0) is 73.5 Å². The first-order chi connectivity index (χ1) is 18.2. The first-order valence-electron chi connectivity index (χ1n) is 13.9. The minimum Gasteiger partial charge on any atom is -0.313 e. The molecule has 1 N–H and O–H groups in total. The van der Waals surface area contributed by atoms with E-state index in [0.29, 0.717) is 12.0 Å². The van der Waals surface area contributed by atoms with Crippen molar-refractivity contribution in [1.82, 2.24) is 5.32 Å². The Hall–Kier alpha value is -2.43. The van der Waals surface area contributed by atoms with E-state index in [1.54, 1.807) is 0 Å². The predicted octanol–water partition coefficient (Wildman–Crippen LogP) is 9.21. The molecule has 3 atom stereocenters. The van der Waals surface area contributed by atoms with E-state index in [9.17, 15) is 0 Å². The highest BCUT2D eigenvalue weighted by molar-refractivity contribution is 14.1. The highest BCUT2D eigenvalue weighted by Gasteiger charge is 2.30. The lowest BCUT2D eigenvalue weighted by molar-refractivity contribution is 0.540. The third kappa shape index (κ3) is 5.49. The van der Waals surface area contributed by atoms with E-state index in [0.717, 1.165) is 6.54 Å². The van der Waals surface area contributed by atoms with Gasteiger partial charge < -0.3 is 5.32 Å². The maximum absolute atomic E-state index is 3.80. The summed E-state index contributed by atoms with van der Waals surface area (Å²) in [6.07, 6.45) is 2.47. The van der Waals surface area contributed by atoms with Gasteiger partial charge in [0.1, 0.15) is 0 Å². The molecule has 4 aromatic rings. The third-order valence-corrected chi connectivity index (χ3v) is 9.92. The Morgan fingerprint density at radius 2 is 1.03 bits per heavy atom. The number of halogens is 1. The lowest BCUT2D eigenvalue weighted by atomic mass is 9.76. The maximum Gasteiger partial charge on any atom is 0.0690 e. The molecule has 1 fully saturated rings.